The number of hydrogen-bond donors (Lipinski definition) is 2. The van der Waals surface area contributed by atoms with Gasteiger partial charge in [-0.15, -0.1) is 4.36 Å². The number of anilines is 1. The summed E-state index contributed by atoms with van der Waals surface area (Å²) in [6.07, 6.45) is 11.0. The number of methoxy groups -OCH3 is 2. The highest BCUT2D eigenvalue weighted by atomic mass is 32.2. The molecule has 2 aromatic carbocycles. The van der Waals surface area contributed by atoms with Crippen LogP contribution < -0.4 is 19.7 Å². The van der Waals surface area contributed by atoms with Gasteiger partial charge in [-0.2, -0.15) is 0 Å². The minimum atomic E-state index is -3.47. The molecule has 8 atom stereocenters. The fraction of sp³-hybridized carbons (Fsp3) is 0.590. The molecule has 2 aromatic rings. The predicted molar refractivity (Wildman–Crippen MR) is 195 cm³/mol. The largest absolute Gasteiger partial charge is 0.490 e. The van der Waals surface area contributed by atoms with E-state index in [1.54, 1.807) is 20.3 Å². The molecule has 7 rings (SSSR count). The van der Waals surface area contributed by atoms with E-state index in [1.807, 2.05) is 19.1 Å². The number of benzene rings is 2. The van der Waals surface area contributed by atoms with E-state index in [1.165, 1.54) is 16.7 Å². The summed E-state index contributed by atoms with van der Waals surface area (Å²) in [6.45, 7) is 6.80. The van der Waals surface area contributed by atoms with Gasteiger partial charge in [-0.05, 0) is 98.9 Å². The van der Waals surface area contributed by atoms with E-state index in [0.29, 0.717) is 37.0 Å². The molecule has 270 valence electrons. The highest BCUT2D eigenvalue weighted by molar-refractivity contribution is 7.92. The average molecular weight is 705 g/mol. The Hall–Kier alpha value is -3.41. The Morgan fingerprint density at radius 2 is 2.04 bits per heavy atom. The normalized spacial score (nSPS) is 34.2. The standard InChI is InChI=1S/C39H52N4O6S/c1-25-10-14-32-27(17-25)8-6-16-39(32)23-43-20-29-11-13-31(29)35(48-4)9-5-7-26(2)22-50(46,42-38(45)40-33-18-30(33)21-47-3)41-37(44)28-12-15-36(49-24-39)34(43)19-28/h5,9-10,12,14-15,17,19,26,29-31,33,35H,6-8,11,13,16,18,20-24H2,1-4H3,(H2,40,41,42,44,45,46)/b9-5+/t26-,29-,30+,31+,33+,35-,39-,50?/m0/s1. The molecule has 0 radical (unpaired) electrons. The second kappa shape index (κ2) is 14.3. The molecule has 0 aromatic heterocycles. The number of allylic oxidation sites excluding steroid dienone is 1. The zero-order valence-corrected chi connectivity index (χ0v) is 30.6. The van der Waals surface area contributed by atoms with Crippen LogP contribution in [0.1, 0.15) is 72.5 Å². The zero-order valence-electron chi connectivity index (χ0n) is 29.8. The van der Waals surface area contributed by atoms with E-state index in [9.17, 15) is 13.8 Å². The van der Waals surface area contributed by atoms with Crippen molar-refractivity contribution >= 4 is 27.5 Å². The molecule has 1 spiro atoms. The summed E-state index contributed by atoms with van der Waals surface area (Å²) in [5.74, 6) is 1.04. The molecule has 3 amide bonds. The second-order valence-corrected chi connectivity index (χ2v) is 17.5. The zero-order chi connectivity index (χ0) is 35.0. The molecule has 11 heteroatoms. The third-order valence-electron chi connectivity index (χ3n) is 11.6. The minimum absolute atomic E-state index is 0.0339. The van der Waals surface area contributed by atoms with Crippen LogP contribution in [0.4, 0.5) is 10.5 Å². The van der Waals surface area contributed by atoms with Crippen molar-refractivity contribution in [3.8, 4) is 5.75 Å². The van der Waals surface area contributed by atoms with Gasteiger partial charge in [-0.3, -0.25) is 9.52 Å². The number of ether oxygens (including phenoxy) is 3. The molecule has 0 saturated heterocycles. The Balaban J connectivity index is 1.26. The summed E-state index contributed by atoms with van der Waals surface area (Å²) in [5.41, 5.74) is 5.02. The summed E-state index contributed by atoms with van der Waals surface area (Å²) >= 11 is 0. The smallest absolute Gasteiger partial charge is 0.327 e. The van der Waals surface area contributed by atoms with Crippen LogP contribution in [0.25, 0.3) is 0 Å². The number of hydrogen-bond acceptors (Lipinski definition) is 7. The third kappa shape index (κ3) is 7.32. The van der Waals surface area contributed by atoms with Gasteiger partial charge in [0.15, 0.2) is 0 Å². The highest BCUT2D eigenvalue weighted by Crippen LogP contribution is 2.47. The molecule has 2 heterocycles. The van der Waals surface area contributed by atoms with Gasteiger partial charge in [0.1, 0.15) is 15.7 Å². The van der Waals surface area contributed by atoms with E-state index >= 15 is 0 Å². The Bertz CT molecular complexity index is 1770. The molecule has 10 nitrogen and oxygen atoms in total. The van der Waals surface area contributed by atoms with Crippen LogP contribution in [0.2, 0.25) is 0 Å². The van der Waals surface area contributed by atoms with E-state index in [0.717, 1.165) is 63.1 Å². The lowest BCUT2D eigenvalue weighted by atomic mass is 9.68. The minimum Gasteiger partial charge on any atom is -0.490 e. The first-order valence-electron chi connectivity index (χ1n) is 18.3. The topological polar surface area (TPSA) is 119 Å². The van der Waals surface area contributed by atoms with E-state index in [4.69, 9.17) is 14.2 Å². The molecule has 2 aliphatic heterocycles. The van der Waals surface area contributed by atoms with Crippen molar-refractivity contribution in [3.05, 3.63) is 70.8 Å². The number of carbonyl (C=O) groups excluding carboxylic acids is 2. The lowest BCUT2D eigenvalue weighted by Crippen LogP contribution is -2.49. The van der Waals surface area contributed by atoms with Crippen molar-refractivity contribution in [2.24, 2.45) is 28.0 Å². The van der Waals surface area contributed by atoms with Crippen LogP contribution in [-0.4, -0.2) is 74.6 Å². The number of urea groups is 1. The number of amides is 3. The molecule has 2 N–H and O–H groups in total. The molecule has 5 aliphatic rings. The van der Waals surface area contributed by atoms with Gasteiger partial charge < -0.3 is 24.4 Å². The van der Waals surface area contributed by atoms with Crippen LogP contribution >= 0.6 is 0 Å². The first-order valence-corrected chi connectivity index (χ1v) is 19.9. The molecular weight excluding hydrogens is 653 g/mol. The van der Waals surface area contributed by atoms with Crippen LogP contribution in [0.5, 0.6) is 5.75 Å². The summed E-state index contributed by atoms with van der Waals surface area (Å²) in [5, 5.41) is 2.88. The maximum atomic E-state index is 14.4. The Kier molecular flexibility index (Phi) is 10.0. The van der Waals surface area contributed by atoms with Crippen LogP contribution in [0.15, 0.2) is 52.9 Å². The van der Waals surface area contributed by atoms with Gasteiger partial charge in [0, 0.05) is 50.2 Å². The van der Waals surface area contributed by atoms with Crippen LogP contribution in [0.3, 0.4) is 0 Å². The van der Waals surface area contributed by atoms with Crippen molar-refractivity contribution < 1.29 is 28.0 Å². The fourth-order valence-corrected chi connectivity index (χ4v) is 10.5. The fourth-order valence-electron chi connectivity index (χ4n) is 8.69. The number of nitrogens with one attached hydrogen (secondary N) is 2. The molecule has 50 heavy (non-hydrogen) atoms. The Morgan fingerprint density at radius 1 is 1.18 bits per heavy atom. The summed E-state index contributed by atoms with van der Waals surface area (Å²) in [7, 11) is -0.0584. The number of aryl methyl sites for hydroxylation is 2. The van der Waals surface area contributed by atoms with Crippen molar-refractivity contribution in [3.63, 3.8) is 0 Å². The summed E-state index contributed by atoms with van der Waals surface area (Å²) < 4.78 is 39.3. The lowest BCUT2D eigenvalue weighted by molar-refractivity contribution is 0.0131. The average Bonchev–Trinajstić information content (AvgIpc) is 3.82. The maximum absolute atomic E-state index is 14.4. The van der Waals surface area contributed by atoms with Crippen molar-refractivity contribution in [1.82, 2.24) is 10.0 Å². The van der Waals surface area contributed by atoms with Gasteiger partial charge in [-0.1, -0.05) is 42.8 Å². The van der Waals surface area contributed by atoms with Gasteiger partial charge in [-0.25, -0.2) is 9.00 Å². The van der Waals surface area contributed by atoms with E-state index in [2.05, 4.69) is 56.6 Å². The molecule has 2 fully saturated rings. The quantitative estimate of drug-likeness (QED) is 0.369. The molecule has 3 aliphatic carbocycles. The maximum Gasteiger partial charge on any atom is 0.327 e. The van der Waals surface area contributed by atoms with Crippen molar-refractivity contribution in [2.45, 2.75) is 76.4 Å². The first-order chi connectivity index (χ1) is 24.1. The summed E-state index contributed by atoms with van der Waals surface area (Å²) in [4.78, 5) is 29.4. The first kappa shape index (κ1) is 35.0. The number of fused-ring (bicyclic) bond motifs is 4. The SMILES string of the molecule is COC[C@H]1C[C@H]1NC(=O)NS1(=O)=NC(=O)c2ccc3c(c2)N(C[C@@H]2CC[C@H]2[C@@H](OC)/C=C/C[C@H](C)C1)C[C@@]1(CCCc2cc(C)ccc21)CO3. The van der Waals surface area contributed by atoms with Gasteiger partial charge >= 0.3 is 6.03 Å². The van der Waals surface area contributed by atoms with Gasteiger partial charge in [0.05, 0.1) is 30.8 Å². The molecular formula is C39H52N4O6S. The highest BCUT2D eigenvalue weighted by Gasteiger charge is 2.44. The van der Waals surface area contributed by atoms with Crippen LogP contribution in [0, 0.1) is 30.6 Å². The monoisotopic (exact) mass is 704 g/mol. The van der Waals surface area contributed by atoms with Gasteiger partial charge in [0.2, 0.25) is 0 Å². The number of rotatable bonds is 5. The van der Waals surface area contributed by atoms with Crippen molar-refractivity contribution in [2.75, 3.05) is 51.2 Å². The predicted octanol–water partition coefficient (Wildman–Crippen LogP) is 5.96. The van der Waals surface area contributed by atoms with E-state index in [-0.39, 0.29) is 35.1 Å². The second-order valence-electron chi connectivity index (χ2n) is 15.5. The molecule has 1 unspecified atom stereocenters. The van der Waals surface area contributed by atoms with E-state index < -0.39 is 21.9 Å². The summed E-state index contributed by atoms with van der Waals surface area (Å²) in [6, 6.07) is 11.6. The van der Waals surface area contributed by atoms with Crippen molar-refractivity contribution in [1.29, 1.82) is 0 Å². The molecule has 2 saturated carbocycles. The van der Waals surface area contributed by atoms with Crippen LogP contribution in [-0.2, 0) is 31.2 Å². The lowest BCUT2D eigenvalue weighted by Gasteiger charge is -2.46. The number of nitrogens with zero attached hydrogens (tertiary/aromatic N) is 2. The Labute approximate surface area is 297 Å². The Morgan fingerprint density at radius 3 is 2.82 bits per heavy atom. The van der Waals surface area contributed by atoms with Gasteiger partial charge in [0.25, 0.3) is 5.91 Å². The number of carbonyl (C=O) groups is 2. The molecule has 2 bridgehead atoms. The third-order valence-corrected chi connectivity index (χ3v) is 13.6.